The second-order valence-corrected chi connectivity index (χ2v) is 4.53. The van der Waals surface area contributed by atoms with Gasteiger partial charge < -0.3 is 19.9 Å². The van der Waals surface area contributed by atoms with E-state index in [0.717, 1.165) is 13.2 Å². The van der Waals surface area contributed by atoms with E-state index < -0.39 is 29.1 Å². The third kappa shape index (κ3) is 4.02. The Balaban J connectivity index is 2.04. The number of carbonyl (C=O) groups excluding carboxylic acids is 2. The molecule has 1 amide bonds. The van der Waals surface area contributed by atoms with Crippen molar-refractivity contribution in [3.8, 4) is 0 Å². The predicted molar refractivity (Wildman–Crippen MR) is 76.1 cm³/mol. The summed E-state index contributed by atoms with van der Waals surface area (Å²) in [6, 6.07) is 2.98. The lowest BCUT2D eigenvalue weighted by Crippen LogP contribution is -2.22. The molecular formula is C14H13F2N3O4. The Bertz CT molecular complexity index is 746. The molecule has 23 heavy (non-hydrogen) atoms. The molecule has 0 bridgehead atoms. The standard InChI is InChI=1S/C14H13F2N3O4/c1-7-3-12(19-23-7)18-13(20)6-17-11-4-8(14(21)22-2)9(15)5-10(11)16/h3-5,17H,6H2,1-2H3,(H,18,19,20). The molecular weight excluding hydrogens is 312 g/mol. The van der Waals surface area contributed by atoms with Crippen LogP contribution in [0, 0.1) is 18.6 Å². The van der Waals surface area contributed by atoms with Crippen molar-refractivity contribution in [2.75, 3.05) is 24.3 Å². The number of anilines is 2. The maximum absolute atomic E-state index is 13.7. The number of ether oxygens (including phenoxy) is 1. The van der Waals surface area contributed by atoms with Gasteiger partial charge in [-0.25, -0.2) is 13.6 Å². The number of nitrogens with one attached hydrogen (secondary N) is 2. The molecule has 0 radical (unpaired) electrons. The summed E-state index contributed by atoms with van der Waals surface area (Å²) in [6.07, 6.45) is 0. The van der Waals surface area contributed by atoms with Crippen molar-refractivity contribution in [1.82, 2.24) is 5.16 Å². The number of esters is 1. The number of hydrogen-bond acceptors (Lipinski definition) is 6. The molecule has 0 fully saturated rings. The zero-order valence-corrected chi connectivity index (χ0v) is 12.3. The highest BCUT2D eigenvalue weighted by atomic mass is 19.1. The minimum atomic E-state index is -1.05. The van der Waals surface area contributed by atoms with Crippen molar-refractivity contribution in [3.63, 3.8) is 0 Å². The molecule has 0 aliphatic carbocycles. The summed E-state index contributed by atoms with van der Waals surface area (Å²) >= 11 is 0. The molecule has 2 N–H and O–H groups in total. The van der Waals surface area contributed by atoms with Crippen LogP contribution in [-0.4, -0.2) is 30.7 Å². The van der Waals surface area contributed by atoms with Gasteiger partial charge in [0.2, 0.25) is 5.91 Å². The summed E-state index contributed by atoms with van der Waals surface area (Å²) in [4.78, 5) is 23.1. The number of nitrogens with zero attached hydrogens (tertiary/aromatic N) is 1. The van der Waals surface area contributed by atoms with Crippen LogP contribution in [0.4, 0.5) is 20.3 Å². The van der Waals surface area contributed by atoms with Crippen LogP contribution >= 0.6 is 0 Å². The summed E-state index contributed by atoms with van der Waals surface area (Å²) in [5, 5.41) is 8.45. The average Bonchev–Trinajstić information content (AvgIpc) is 2.90. The van der Waals surface area contributed by atoms with Gasteiger partial charge in [0.1, 0.15) is 17.4 Å². The van der Waals surface area contributed by atoms with Gasteiger partial charge in [-0.15, -0.1) is 0 Å². The fraction of sp³-hybridized carbons (Fsp3) is 0.214. The Labute approximate surface area is 129 Å². The van der Waals surface area contributed by atoms with Crippen molar-refractivity contribution in [1.29, 1.82) is 0 Å². The zero-order chi connectivity index (χ0) is 17.0. The van der Waals surface area contributed by atoms with Crippen LogP contribution in [0.25, 0.3) is 0 Å². The second-order valence-electron chi connectivity index (χ2n) is 4.53. The van der Waals surface area contributed by atoms with Gasteiger partial charge in [0.25, 0.3) is 0 Å². The Kier molecular flexibility index (Phi) is 4.89. The lowest BCUT2D eigenvalue weighted by molar-refractivity contribution is -0.114. The van der Waals surface area contributed by atoms with Gasteiger partial charge in [-0.2, -0.15) is 0 Å². The summed E-state index contributed by atoms with van der Waals surface area (Å²) in [5.41, 5.74) is -0.651. The summed E-state index contributed by atoms with van der Waals surface area (Å²) in [5.74, 6) is -2.75. The van der Waals surface area contributed by atoms with Crippen molar-refractivity contribution < 1.29 is 27.6 Å². The van der Waals surface area contributed by atoms with E-state index in [1.54, 1.807) is 6.92 Å². The average molecular weight is 325 g/mol. The maximum Gasteiger partial charge on any atom is 0.340 e. The molecule has 2 rings (SSSR count). The Morgan fingerprint density at radius 1 is 1.26 bits per heavy atom. The van der Waals surface area contributed by atoms with Crippen molar-refractivity contribution in [3.05, 3.63) is 41.2 Å². The molecule has 122 valence electrons. The monoisotopic (exact) mass is 325 g/mol. The van der Waals surface area contributed by atoms with Crippen molar-refractivity contribution in [2.45, 2.75) is 6.92 Å². The largest absolute Gasteiger partial charge is 0.465 e. The van der Waals surface area contributed by atoms with Gasteiger partial charge in [-0.3, -0.25) is 4.79 Å². The zero-order valence-electron chi connectivity index (χ0n) is 12.3. The molecule has 0 spiro atoms. The number of aryl methyl sites for hydroxylation is 1. The highest BCUT2D eigenvalue weighted by Gasteiger charge is 2.17. The van der Waals surface area contributed by atoms with E-state index in [1.165, 1.54) is 6.07 Å². The minimum Gasteiger partial charge on any atom is -0.465 e. The van der Waals surface area contributed by atoms with Gasteiger partial charge in [-0.1, -0.05) is 5.16 Å². The quantitative estimate of drug-likeness (QED) is 0.818. The summed E-state index contributed by atoms with van der Waals surface area (Å²) in [7, 11) is 1.07. The number of methoxy groups -OCH3 is 1. The molecule has 0 saturated heterocycles. The number of benzene rings is 1. The first-order chi connectivity index (χ1) is 10.9. The van der Waals surface area contributed by atoms with Crippen LogP contribution in [0.2, 0.25) is 0 Å². The lowest BCUT2D eigenvalue weighted by Gasteiger charge is -2.09. The van der Waals surface area contributed by atoms with Gasteiger partial charge >= 0.3 is 5.97 Å². The first-order valence-corrected chi connectivity index (χ1v) is 6.45. The number of hydrogen-bond donors (Lipinski definition) is 2. The SMILES string of the molecule is COC(=O)c1cc(NCC(=O)Nc2cc(C)on2)c(F)cc1F. The van der Waals surface area contributed by atoms with Crippen LogP contribution in [0.1, 0.15) is 16.1 Å². The fourth-order valence-corrected chi connectivity index (χ4v) is 1.74. The van der Waals surface area contributed by atoms with Crippen molar-refractivity contribution in [2.24, 2.45) is 0 Å². The van der Waals surface area contributed by atoms with Gasteiger partial charge in [0, 0.05) is 12.1 Å². The summed E-state index contributed by atoms with van der Waals surface area (Å²) in [6.45, 7) is 1.33. The van der Waals surface area contributed by atoms with Crippen LogP contribution in [0.3, 0.4) is 0 Å². The third-order valence-electron chi connectivity index (χ3n) is 2.80. The number of aromatic nitrogens is 1. The first kappa shape index (κ1) is 16.4. The van der Waals surface area contributed by atoms with E-state index in [4.69, 9.17) is 4.52 Å². The second kappa shape index (κ2) is 6.86. The van der Waals surface area contributed by atoms with Crippen LogP contribution < -0.4 is 10.6 Å². The van der Waals surface area contributed by atoms with E-state index >= 15 is 0 Å². The van der Waals surface area contributed by atoms with Crippen molar-refractivity contribution >= 4 is 23.4 Å². The Morgan fingerprint density at radius 3 is 2.61 bits per heavy atom. The number of rotatable bonds is 5. The molecule has 1 aromatic carbocycles. The van der Waals surface area contributed by atoms with Crippen LogP contribution in [0.5, 0.6) is 0 Å². The first-order valence-electron chi connectivity index (χ1n) is 6.45. The maximum atomic E-state index is 13.7. The fourth-order valence-electron chi connectivity index (χ4n) is 1.74. The van der Waals surface area contributed by atoms with E-state index in [2.05, 4.69) is 20.5 Å². The van der Waals surface area contributed by atoms with Crippen LogP contribution in [-0.2, 0) is 9.53 Å². The minimum absolute atomic E-state index is 0.210. The topological polar surface area (TPSA) is 93.5 Å². The van der Waals surface area contributed by atoms with E-state index in [-0.39, 0.29) is 18.1 Å². The lowest BCUT2D eigenvalue weighted by atomic mass is 10.1. The molecule has 0 aliphatic heterocycles. The summed E-state index contributed by atoms with van der Waals surface area (Å²) < 4.78 is 36.3. The van der Waals surface area contributed by atoms with Gasteiger partial charge in [-0.05, 0) is 13.0 Å². The molecule has 9 heteroatoms. The predicted octanol–water partition coefficient (Wildman–Crippen LogP) is 2.10. The Hall–Kier alpha value is -2.97. The number of halogens is 2. The number of amides is 1. The molecule has 2 aromatic rings. The molecule has 0 atom stereocenters. The van der Waals surface area contributed by atoms with E-state index in [1.807, 2.05) is 0 Å². The van der Waals surface area contributed by atoms with E-state index in [0.29, 0.717) is 11.8 Å². The number of carbonyl (C=O) groups is 2. The normalized spacial score (nSPS) is 10.3. The molecule has 0 unspecified atom stereocenters. The molecule has 1 aromatic heterocycles. The van der Waals surface area contributed by atoms with Crippen LogP contribution in [0.15, 0.2) is 22.7 Å². The highest BCUT2D eigenvalue weighted by Crippen LogP contribution is 2.20. The Morgan fingerprint density at radius 2 is 2.00 bits per heavy atom. The van der Waals surface area contributed by atoms with E-state index in [9.17, 15) is 18.4 Å². The molecule has 1 heterocycles. The highest BCUT2D eigenvalue weighted by molar-refractivity contribution is 5.94. The smallest absolute Gasteiger partial charge is 0.340 e. The molecule has 0 aliphatic rings. The molecule has 7 nitrogen and oxygen atoms in total. The molecule has 0 saturated carbocycles. The van der Waals surface area contributed by atoms with Gasteiger partial charge in [0.15, 0.2) is 5.82 Å². The van der Waals surface area contributed by atoms with Gasteiger partial charge in [0.05, 0.1) is 24.9 Å². The third-order valence-corrected chi connectivity index (χ3v) is 2.80.